The minimum atomic E-state index is 0.308. The number of hydrogen-bond acceptors (Lipinski definition) is 4. The van der Waals surface area contributed by atoms with Gasteiger partial charge in [-0.3, -0.25) is 0 Å². The van der Waals surface area contributed by atoms with Crippen molar-refractivity contribution >= 4 is 5.82 Å². The summed E-state index contributed by atoms with van der Waals surface area (Å²) in [5.74, 6) is 1.65. The molecule has 2 rings (SSSR count). The molecule has 4 heteroatoms. The molecule has 0 aliphatic heterocycles. The van der Waals surface area contributed by atoms with Crippen LogP contribution in [0.15, 0.2) is 0 Å². The lowest BCUT2D eigenvalue weighted by molar-refractivity contribution is 0.660. The topological polar surface area (TPSA) is 61.6 Å². The fraction of sp³-hybridized carbons (Fsp3) is 0.545. The first-order valence-electron chi connectivity index (χ1n) is 5.28. The van der Waals surface area contributed by atoms with Crippen LogP contribution in [0, 0.1) is 18.3 Å². The molecule has 0 saturated carbocycles. The number of anilines is 1. The fourth-order valence-corrected chi connectivity index (χ4v) is 1.99. The molecule has 0 radical (unpaired) electrons. The Labute approximate surface area is 89.4 Å². The van der Waals surface area contributed by atoms with Crippen molar-refractivity contribution in [2.45, 2.75) is 32.6 Å². The minimum Gasteiger partial charge on any atom is -0.357 e. The molecule has 1 aromatic heterocycles. The molecule has 0 unspecified atom stereocenters. The normalized spacial score (nSPS) is 14.1. The summed E-state index contributed by atoms with van der Waals surface area (Å²) in [6.07, 6.45) is 4.48. The number of fused-ring (bicyclic) bond motifs is 1. The maximum Gasteiger partial charge on any atom is 0.133 e. The number of aromatic nitrogens is 2. The third-order valence-corrected chi connectivity index (χ3v) is 2.63. The van der Waals surface area contributed by atoms with Crippen molar-refractivity contribution in [3.8, 4) is 6.07 Å². The van der Waals surface area contributed by atoms with Gasteiger partial charge in [0.25, 0.3) is 0 Å². The fourth-order valence-electron chi connectivity index (χ4n) is 1.99. The number of nitrogens with zero attached hydrogens (tertiary/aromatic N) is 3. The molecule has 0 amide bonds. The molecule has 0 atom stereocenters. The van der Waals surface area contributed by atoms with Gasteiger partial charge in [0.2, 0.25) is 0 Å². The van der Waals surface area contributed by atoms with E-state index in [1.54, 1.807) is 0 Å². The van der Waals surface area contributed by atoms with E-state index in [4.69, 9.17) is 5.26 Å². The van der Waals surface area contributed by atoms with Crippen LogP contribution in [-0.2, 0) is 12.8 Å². The molecule has 15 heavy (non-hydrogen) atoms. The van der Waals surface area contributed by atoms with Crippen molar-refractivity contribution in [2.75, 3.05) is 11.9 Å². The average molecular weight is 202 g/mol. The first kappa shape index (κ1) is 9.91. The third kappa shape index (κ3) is 2.07. The lowest BCUT2D eigenvalue weighted by Crippen LogP contribution is -2.13. The second-order valence-electron chi connectivity index (χ2n) is 3.76. The molecule has 0 bridgehead atoms. The van der Waals surface area contributed by atoms with Crippen molar-refractivity contribution < 1.29 is 0 Å². The quantitative estimate of drug-likeness (QED) is 0.740. The van der Waals surface area contributed by atoms with Gasteiger partial charge in [-0.15, -0.1) is 0 Å². The summed E-state index contributed by atoms with van der Waals surface area (Å²) in [7, 11) is 0. The zero-order chi connectivity index (χ0) is 10.7. The summed E-state index contributed by atoms with van der Waals surface area (Å²) in [6, 6.07) is 2.07. The number of nitriles is 1. The van der Waals surface area contributed by atoms with Crippen molar-refractivity contribution in [1.29, 1.82) is 5.26 Å². The predicted octanol–water partition coefficient (Wildman–Crippen LogP) is 1.60. The zero-order valence-electron chi connectivity index (χ0n) is 8.88. The van der Waals surface area contributed by atoms with Gasteiger partial charge in [0, 0.05) is 11.3 Å². The van der Waals surface area contributed by atoms with Gasteiger partial charge in [-0.2, -0.15) is 5.26 Å². The largest absolute Gasteiger partial charge is 0.357 e. The van der Waals surface area contributed by atoms with Crippen LogP contribution >= 0.6 is 0 Å². The van der Waals surface area contributed by atoms with E-state index in [0.717, 1.165) is 30.2 Å². The monoisotopic (exact) mass is 202 g/mol. The first-order chi connectivity index (χ1) is 7.31. The van der Waals surface area contributed by atoms with E-state index < -0.39 is 0 Å². The van der Waals surface area contributed by atoms with Gasteiger partial charge in [-0.05, 0) is 32.6 Å². The highest BCUT2D eigenvalue weighted by Gasteiger charge is 2.16. The van der Waals surface area contributed by atoms with Gasteiger partial charge in [0.1, 0.15) is 18.2 Å². The molecule has 1 aromatic rings. The van der Waals surface area contributed by atoms with Crippen LogP contribution in [0.25, 0.3) is 0 Å². The van der Waals surface area contributed by atoms with Gasteiger partial charge >= 0.3 is 0 Å². The third-order valence-electron chi connectivity index (χ3n) is 2.63. The summed E-state index contributed by atoms with van der Waals surface area (Å²) >= 11 is 0. The number of hydrogen-bond donors (Lipinski definition) is 1. The zero-order valence-corrected chi connectivity index (χ0v) is 8.88. The number of rotatable bonds is 2. The summed E-state index contributed by atoms with van der Waals surface area (Å²) in [6.45, 7) is 2.20. The van der Waals surface area contributed by atoms with E-state index in [2.05, 4.69) is 21.4 Å². The number of nitrogens with one attached hydrogen (secondary N) is 1. The highest BCUT2D eigenvalue weighted by molar-refractivity contribution is 5.48. The smallest absolute Gasteiger partial charge is 0.133 e. The van der Waals surface area contributed by atoms with Gasteiger partial charge < -0.3 is 5.32 Å². The van der Waals surface area contributed by atoms with Crippen LogP contribution in [0.3, 0.4) is 0 Å². The van der Waals surface area contributed by atoms with Gasteiger partial charge in [0.05, 0.1) is 6.07 Å². The summed E-state index contributed by atoms with van der Waals surface area (Å²) in [4.78, 5) is 8.80. The van der Waals surface area contributed by atoms with Crippen molar-refractivity contribution in [3.63, 3.8) is 0 Å². The van der Waals surface area contributed by atoms with E-state index in [1.165, 1.54) is 18.4 Å². The maximum absolute atomic E-state index is 8.55. The summed E-state index contributed by atoms with van der Waals surface area (Å²) in [5.41, 5.74) is 2.37. The first-order valence-corrected chi connectivity index (χ1v) is 5.28. The van der Waals surface area contributed by atoms with Crippen LogP contribution in [-0.4, -0.2) is 16.5 Å². The van der Waals surface area contributed by atoms with E-state index in [9.17, 15) is 0 Å². The van der Waals surface area contributed by atoms with E-state index in [1.807, 2.05) is 6.92 Å². The van der Waals surface area contributed by atoms with E-state index in [-0.39, 0.29) is 0 Å². The Hall–Kier alpha value is -1.63. The molecule has 4 nitrogen and oxygen atoms in total. The number of aryl methyl sites for hydroxylation is 2. The SMILES string of the molecule is Cc1nc2c(c(NCC#N)n1)CCCC2. The van der Waals surface area contributed by atoms with Crippen LogP contribution in [0.2, 0.25) is 0 Å². The van der Waals surface area contributed by atoms with Crippen LogP contribution in [0.1, 0.15) is 29.9 Å². The van der Waals surface area contributed by atoms with E-state index >= 15 is 0 Å². The highest BCUT2D eigenvalue weighted by atomic mass is 15.0. The van der Waals surface area contributed by atoms with Gasteiger partial charge in [0.15, 0.2) is 0 Å². The second-order valence-corrected chi connectivity index (χ2v) is 3.76. The standard InChI is InChI=1S/C11H14N4/c1-8-14-10-5-3-2-4-9(10)11(15-8)13-7-6-12/h2-5,7H2,1H3,(H,13,14,15). The molecule has 0 aromatic carbocycles. The Morgan fingerprint density at radius 3 is 2.93 bits per heavy atom. The Kier molecular flexibility index (Phi) is 2.82. The molecule has 1 aliphatic carbocycles. The summed E-state index contributed by atoms with van der Waals surface area (Å²) < 4.78 is 0. The molecule has 1 aliphatic rings. The van der Waals surface area contributed by atoms with E-state index in [0.29, 0.717) is 6.54 Å². The molecule has 1 heterocycles. The Morgan fingerprint density at radius 1 is 1.33 bits per heavy atom. The maximum atomic E-state index is 8.55. The lowest BCUT2D eigenvalue weighted by Gasteiger charge is -2.18. The molecule has 0 saturated heterocycles. The molecule has 0 spiro atoms. The van der Waals surface area contributed by atoms with Crippen LogP contribution in [0.5, 0.6) is 0 Å². The lowest BCUT2D eigenvalue weighted by atomic mass is 9.96. The van der Waals surface area contributed by atoms with Crippen molar-refractivity contribution in [3.05, 3.63) is 17.1 Å². The average Bonchev–Trinajstić information content (AvgIpc) is 2.25. The Balaban J connectivity index is 2.35. The van der Waals surface area contributed by atoms with Crippen LogP contribution in [0.4, 0.5) is 5.82 Å². The summed E-state index contributed by atoms with van der Waals surface area (Å²) in [5, 5.41) is 11.6. The Bertz CT molecular complexity index is 406. The van der Waals surface area contributed by atoms with Crippen LogP contribution < -0.4 is 5.32 Å². The molecule has 0 fully saturated rings. The molecular formula is C11H14N4. The highest BCUT2D eigenvalue weighted by Crippen LogP contribution is 2.24. The minimum absolute atomic E-state index is 0.308. The predicted molar refractivity (Wildman–Crippen MR) is 57.5 cm³/mol. The Morgan fingerprint density at radius 2 is 2.13 bits per heavy atom. The van der Waals surface area contributed by atoms with Crippen molar-refractivity contribution in [2.24, 2.45) is 0 Å². The van der Waals surface area contributed by atoms with Crippen molar-refractivity contribution in [1.82, 2.24) is 9.97 Å². The molecular weight excluding hydrogens is 188 g/mol. The van der Waals surface area contributed by atoms with Gasteiger partial charge in [-0.1, -0.05) is 0 Å². The molecule has 78 valence electrons. The molecule has 1 N–H and O–H groups in total. The van der Waals surface area contributed by atoms with Gasteiger partial charge in [-0.25, -0.2) is 9.97 Å². The second kappa shape index (κ2) is 4.26.